The Morgan fingerprint density at radius 2 is 1.65 bits per heavy atom. The number of halogens is 1. The molecule has 2 unspecified atom stereocenters. The molecule has 0 spiro atoms. The van der Waals surface area contributed by atoms with Gasteiger partial charge in [0.15, 0.2) is 0 Å². The fraction of sp³-hybridized carbons (Fsp3) is 0.440. The lowest BCUT2D eigenvalue weighted by molar-refractivity contribution is -0.140. The summed E-state index contributed by atoms with van der Waals surface area (Å²) in [5.41, 5.74) is 1.73. The summed E-state index contributed by atoms with van der Waals surface area (Å²) in [6.07, 6.45) is 2.10. The molecule has 2 rings (SSSR count). The van der Waals surface area contributed by atoms with E-state index in [1.165, 1.54) is 17.0 Å². The molecule has 9 heteroatoms. The van der Waals surface area contributed by atoms with Gasteiger partial charge in [0.1, 0.15) is 18.4 Å². The van der Waals surface area contributed by atoms with E-state index in [0.717, 1.165) is 17.0 Å². The number of benzene rings is 2. The van der Waals surface area contributed by atoms with Crippen LogP contribution in [0.4, 0.5) is 10.1 Å². The molecular formula is C25H34FN3O4S. The molecule has 0 fully saturated rings. The number of carbonyl (C=O) groups excluding carboxylic acids is 2. The second kappa shape index (κ2) is 12.0. The number of nitrogens with one attached hydrogen (secondary N) is 1. The minimum Gasteiger partial charge on any atom is -0.352 e. The first kappa shape index (κ1) is 27.3. The first-order valence-corrected chi connectivity index (χ1v) is 13.2. The summed E-state index contributed by atoms with van der Waals surface area (Å²) < 4.78 is 39.7. The van der Waals surface area contributed by atoms with Crippen LogP contribution in [0.1, 0.15) is 44.7 Å². The molecule has 2 aromatic rings. The number of para-hydroxylation sites is 1. The number of carbonyl (C=O) groups is 2. The normalized spacial score (nSPS) is 13.1. The van der Waals surface area contributed by atoms with Crippen LogP contribution in [-0.4, -0.2) is 50.0 Å². The van der Waals surface area contributed by atoms with Crippen molar-refractivity contribution in [3.8, 4) is 0 Å². The van der Waals surface area contributed by atoms with E-state index < -0.39 is 34.3 Å². The van der Waals surface area contributed by atoms with E-state index >= 15 is 0 Å². The highest BCUT2D eigenvalue weighted by atomic mass is 32.2. The summed E-state index contributed by atoms with van der Waals surface area (Å²) in [5.74, 6) is -1.25. The molecule has 0 aliphatic carbocycles. The van der Waals surface area contributed by atoms with E-state index in [4.69, 9.17) is 0 Å². The summed E-state index contributed by atoms with van der Waals surface area (Å²) in [5, 5.41) is 2.91. The Hall–Kier alpha value is -2.94. The van der Waals surface area contributed by atoms with Crippen molar-refractivity contribution in [3.63, 3.8) is 0 Å². The number of sulfonamides is 1. The maximum Gasteiger partial charge on any atom is 0.244 e. The summed E-state index contributed by atoms with van der Waals surface area (Å²) in [7, 11) is -3.79. The van der Waals surface area contributed by atoms with Crippen molar-refractivity contribution in [1.29, 1.82) is 0 Å². The first-order valence-electron chi connectivity index (χ1n) is 11.4. The molecule has 34 heavy (non-hydrogen) atoms. The Bertz CT molecular complexity index is 1090. The Kier molecular flexibility index (Phi) is 9.61. The molecule has 0 saturated carbocycles. The van der Waals surface area contributed by atoms with Crippen LogP contribution in [0.5, 0.6) is 0 Å². The molecule has 186 valence electrons. The van der Waals surface area contributed by atoms with Crippen molar-refractivity contribution in [2.24, 2.45) is 0 Å². The van der Waals surface area contributed by atoms with E-state index in [1.807, 2.05) is 13.8 Å². The molecule has 0 aromatic heterocycles. The summed E-state index contributed by atoms with van der Waals surface area (Å²) in [6, 6.07) is 11.7. The molecule has 0 bridgehead atoms. The van der Waals surface area contributed by atoms with Gasteiger partial charge in [-0.05, 0) is 56.0 Å². The molecule has 0 heterocycles. The van der Waals surface area contributed by atoms with Crippen LogP contribution in [-0.2, 0) is 26.2 Å². The number of anilines is 1. The van der Waals surface area contributed by atoms with Gasteiger partial charge in [-0.2, -0.15) is 0 Å². The fourth-order valence-corrected chi connectivity index (χ4v) is 4.49. The largest absolute Gasteiger partial charge is 0.352 e. The third-order valence-corrected chi connectivity index (χ3v) is 6.84. The van der Waals surface area contributed by atoms with Crippen LogP contribution in [0.15, 0.2) is 48.5 Å². The van der Waals surface area contributed by atoms with Gasteiger partial charge in [-0.25, -0.2) is 12.8 Å². The van der Waals surface area contributed by atoms with Crippen molar-refractivity contribution in [2.75, 3.05) is 17.1 Å². The van der Waals surface area contributed by atoms with Gasteiger partial charge in [0.25, 0.3) is 0 Å². The summed E-state index contributed by atoms with van der Waals surface area (Å²) in [4.78, 5) is 28.0. The second-order valence-corrected chi connectivity index (χ2v) is 10.4. The van der Waals surface area contributed by atoms with Gasteiger partial charge in [-0.3, -0.25) is 13.9 Å². The highest BCUT2D eigenvalue weighted by Gasteiger charge is 2.32. The molecule has 0 aliphatic heterocycles. The first-order chi connectivity index (χ1) is 16.0. The Morgan fingerprint density at radius 1 is 1.03 bits per heavy atom. The lowest BCUT2D eigenvalue weighted by Gasteiger charge is -2.33. The minimum atomic E-state index is -3.79. The van der Waals surface area contributed by atoms with Crippen molar-refractivity contribution >= 4 is 27.5 Å². The van der Waals surface area contributed by atoms with Crippen LogP contribution in [0.25, 0.3) is 0 Å². The molecule has 2 amide bonds. The molecular weight excluding hydrogens is 457 g/mol. The van der Waals surface area contributed by atoms with Gasteiger partial charge < -0.3 is 10.2 Å². The lowest BCUT2D eigenvalue weighted by atomic mass is 10.1. The minimum absolute atomic E-state index is 0.0386. The average molecular weight is 492 g/mol. The Balaban J connectivity index is 2.44. The summed E-state index contributed by atoms with van der Waals surface area (Å²) in [6.45, 7) is 6.96. The predicted molar refractivity (Wildman–Crippen MR) is 132 cm³/mol. The smallest absolute Gasteiger partial charge is 0.244 e. The SMILES string of the molecule is CCC(C)NC(=O)C(CC)N(Cc1ccc(F)cc1)C(=O)CN(c1ccccc1C)S(C)(=O)=O. The van der Waals surface area contributed by atoms with E-state index in [-0.39, 0.29) is 18.5 Å². The van der Waals surface area contributed by atoms with Crippen LogP contribution in [0, 0.1) is 12.7 Å². The van der Waals surface area contributed by atoms with Gasteiger partial charge in [-0.1, -0.05) is 44.2 Å². The standard InChI is InChI=1S/C25H34FN3O4S/c1-6-19(4)27-25(31)22(7-2)28(16-20-12-14-21(26)15-13-20)24(30)17-29(34(5,32)33)23-11-9-8-10-18(23)3/h8-15,19,22H,6-7,16-17H2,1-5H3,(H,27,31). The number of rotatable bonds is 11. The zero-order valence-electron chi connectivity index (χ0n) is 20.4. The molecule has 0 saturated heterocycles. The Labute approximate surface area is 202 Å². The van der Waals surface area contributed by atoms with E-state index in [9.17, 15) is 22.4 Å². The molecule has 0 aliphatic rings. The van der Waals surface area contributed by atoms with Gasteiger partial charge >= 0.3 is 0 Å². The maximum atomic E-state index is 13.6. The monoisotopic (exact) mass is 491 g/mol. The highest BCUT2D eigenvalue weighted by molar-refractivity contribution is 7.92. The quantitative estimate of drug-likeness (QED) is 0.520. The zero-order chi connectivity index (χ0) is 25.5. The van der Waals surface area contributed by atoms with Crippen LogP contribution in [0.3, 0.4) is 0 Å². The number of hydrogen-bond acceptors (Lipinski definition) is 4. The van der Waals surface area contributed by atoms with E-state index in [0.29, 0.717) is 23.2 Å². The Morgan fingerprint density at radius 3 is 2.18 bits per heavy atom. The lowest BCUT2D eigenvalue weighted by Crippen LogP contribution is -2.53. The van der Waals surface area contributed by atoms with E-state index in [2.05, 4.69) is 5.32 Å². The molecule has 2 aromatic carbocycles. The summed E-state index contributed by atoms with van der Waals surface area (Å²) >= 11 is 0. The molecule has 0 radical (unpaired) electrons. The van der Waals surface area contributed by atoms with Crippen LogP contribution >= 0.6 is 0 Å². The average Bonchev–Trinajstić information content (AvgIpc) is 2.78. The van der Waals surface area contributed by atoms with Crippen molar-refractivity contribution in [1.82, 2.24) is 10.2 Å². The third kappa shape index (κ3) is 7.28. The van der Waals surface area contributed by atoms with Crippen molar-refractivity contribution < 1.29 is 22.4 Å². The molecule has 1 N–H and O–H groups in total. The fourth-order valence-electron chi connectivity index (χ4n) is 3.59. The van der Waals surface area contributed by atoms with E-state index in [1.54, 1.807) is 50.2 Å². The number of hydrogen-bond donors (Lipinski definition) is 1. The van der Waals surface area contributed by atoms with Crippen LogP contribution in [0.2, 0.25) is 0 Å². The van der Waals surface area contributed by atoms with Crippen molar-refractivity contribution in [2.45, 2.75) is 59.2 Å². The second-order valence-electron chi connectivity index (χ2n) is 8.45. The number of amides is 2. The van der Waals surface area contributed by atoms with Crippen LogP contribution < -0.4 is 9.62 Å². The van der Waals surface area contributed by atoms with Gasteiger partial charge in [0.05, 0.1) is 11.9 Å². The van der Waals surface area contributed by atoms with Gasteiger partial charge in [-0.15, -0.1) is 0 Å². The number of nitrogens with zero attached hydrogens (tertiary/aromatic N) is 2. The topological polar surface area (TPSA) is 86.8 Å². The molecule has 2 atom stereocenters. The van der Waals surface area contributed by atoms with Gasteiger partial charge in [0, 0.05) is 12.6 Å². The van der Waals surface area contributed by atoms with Crippen molar-refractivity contribution in [3.05, 3.63) is 65.5 Å². The zero-order valence-corrected chi connectivity index (χ0v) is 21.2. The number of aryl methyl sites for hydroxylation is 1. The third-order valence-electron chi connectivity index (χ3n) is 5.72. The van der Waals surface area contributed by atoms with Gasteiger partial charge in [0.2, 0.25) is 21.8 Å². The maximum absolute atomic E-state index is 13.6. The highest BCUT2D eigenvalue weighted by Crippen LogP contribution is 2.23. The molecule has 7 nitrogen and oxygen atoms in total. The predicted octanol–water partition coefficient (Wildman–Crippen LogP) is 3.62.